The van der Waals surface area contributed by atoms with E-state index in [0.717, 1.165) is 0 Å². The Balaban J connectivity index is 3.96. The van der Waals surface area contributed by atoms with E-state index in [-0.39, 0.29) is 11.9 Å². The van der Waals surface area contributed by atoms with Crippen LogP contribution in [0.4, 0.5) is 0 Å². The number of carbonyl (C=O) groups is 1. The minimum absolute atomic E-state index is 0.142. The van der Waals surface area contributed by atoms with Gasteiger partial charge in [-0.3, -0.25) is 4.79 Å². The summed E-state index contributed by atoms with van der Waals surface area (Å²) in [7, 11) is -1.31. The van der Waals surface area contributed by atoms with E-state index in [1.165, 1.54) is 0 Å². The largest absolute Gasteiger partial charge is 0.466 e. The van der Waals surface area contributed by atoms with Crippen LogP contribution in [-0.2, 0) is 18.4 Å². The van der Waals surface area contributed by atoms with Gasteiger partial charge in [0, 0.05) is 19.3 Å². The summed E-state index contributed by atoms with van der Waals surface area (Å²) in [5.41, 5.74) is 0. The Labute approximate surface area is 93.8 Å². The van der Waals surface area contributed by atoms with Crippen molar-refractivity contribution in [2.75, 3.05) is 19.8 Å². The fourth-order valence-electron chi connectivity index (χ4n) is 1.10. The lowest BCUT2D eigenvalue weighted by atomic mass is 10.2. The topological polar surface area (TPSA) is 44.8 Å². The molecule has 4 nitrogen and oxygen atoms in total. The third kappa shape index (κ3) is 6.65. The van der Waals surface area contributed by atoms with Crippen LogP contribution < -0.4 is 0 Å². The van der Waals surface area contributed by atoms with Gasteiger partial charge in [-0.2, -0.15) is 0 Å². The molecule has 1 unspecified atom stereocenters. The van der Waals surface area contributed by atoms with E-state index in [2.05, 4.69) is 0 Å². The maximum Gasteiger partial charge on any atom is 0.385 e. The molecule has 0 fully saturated rings. The quantitative estimate of drug-likeness (QED) is 0.473. The molecular weight excluding hydrogens is 212 g/mol. The minimum Gasteiger partial charge on any atom is -0.466 e. The lowest BCUT2D eigenvalue weighted by Gasteiger charge is -2.16. The van der Waals surface area contributed by atoms with Crippen molar-refractivity contribution < 1.29 is 18.4 Å². The van der Waals surface area contributed by atoms with Crippen LogP contribution in [0.15, 0.2) is 0 Å². The zero-order valence-corrected chi connectivity index (χ0v) is 11.0. The molecule has 0 aliphatic heterocycles. The van der Waals surface area contributed by atoms with Crippen LogP contribution >= 0.6 is 0 Å². The van der Waals surface area contributed by atoms with Crippen LogP contribution in [0.3, 0.4) is 0 Å². The summed E-state index contributed by atoms with van der Waals surface area (Å²) < 4.78 is 15.8. The summed E-state index contributed by atoms with van der Waals surface area (Å²) in [6.07, 6.45) is 0. The van der Waals surface area contributed by atoms with Gasteiger partial charge < -0.3 is 13.6 Å². The second kappa shape index (κ2) is 8.88. The summed E-state index contributed by atoms with van der Waals surface area (Å²) in [6.45, 7) is 9.20. The third-order valence-electron chi connectivity index (χ3n) is 1.77. The maximum atomic E-state index is 11.4. The van der Waals surface area contributed by atoms with Crippen LogP contribution in [0, 0.1) is 5.92 Å². The molecule has 5 heteroatoms. The number of carbonyl (C=O) groups excluding carboxylic acids is 1. The normalized spacial score (nSPS) is 12.9. The Morgan fingerprint density at radius 3 is 2.07 bits per heavy atom. The van der Waals surface area contributed by atoms with E-state index in [1.807, 2.05) is 27.7 Å². The van der Waals surface area contributed by atoms with Gasteiger partial charge in [-0.05, 0) is 20.8 Å². The van der Waals surface area contributed by atoms with Crippen molar-refractivity contribution >= 4 is 15.3 Å². The van der Waals surface area contributed by atoms with E-state index < -0.39 is 9.28 Å². The molecule has 89 valence electrons. The van der Waals surface area contributed by atoms with Gasteiger partial charge in [0.2, 0.25) is 0 Å². The van der Waals surface area contributed by atoms with Gasteiger partial charge in [-0.15, -0.1) is 0 Å². The number of esters is 1. The number of hydrogen-bond acceptors (Lipinski definition) is 4. The van der Waals surface area contributed by atoms with Gasteiger partial charge in [-0.1, -0.05) is 6.92 Å². The van der Waals surface area contributed by atoms with E-state index in [9.17, 15) is 4.79 Å². The second-order valence-corrected chi connectivity index (χ2v) is 4.82. The van der Waals surface area contributed by atoms with Gasteiger partial charge >= 0.3 is 15.3 Å². The molecule has 0 aliphatic carbocycles. The number of ether oxygens (including phenoxy) is 1. The molecule has 1 atom stereocenters. The van der Waals surface area contributed by atoms with Crippen LogP contribution in [-0.4, -0.2) is 35.1 Å². The summed E-state index contributed by atoms with van der Waals surface area (Å²) >= 11 is 0. The van der Waals surface area contributed by atoms with E-state index >= 15 is 0 Å². The monoisotopic (exact) mass is 233 g/mol. The Bertz CT molecular complexity index is 169. The average molecular weight is 233 g/mol. The Morgan fingerprint density at radius 2 is 1.67 bits per heavy atom. The van der Waals surface area contributed by atoms with Crippen molar-refractivity contribution in [3.8, 4) is 0 Å². The highest BCUT2D eigenvalue weighted by Gasteiger charge is 2.24. The predicted molar refractivity (Wildman–Crippen MR) is 59.6 cm³/mol. The first-order chi connectivity index (χ1) is 7.15. The highest BCUT2D eigenvalue weighted by atomic mass is 28.3. The lowest BCUT2D eigenvalue weighted by Crippen LogP contribution is -2.28. The molecule has 15 heavy (non-hydrogen) atoms. The molecule has 0 aliphatic rings. The van der Waals surface area contributed by atoms with Crippen molar-refractivity contribution in [2.24, 2.45) is 5.92 Å². The summed E-state index contributed by atoms with van der Waals surface area (Å²) in [4.78, 5) is 11.4. The fourth-order valence-corrected chi connectivity index (χ4v) is 2.73. The molecule has 0 spiro atoms. The molecule has 0 saturated carbocycles. The van der Waals surface area contributed by atoms with Gasteiger partial charge in [0.05, 0.1) is 12.5 Å². The van der Waals surface area contributed by atoms with Crippen LogP contribution in [0.1, 0.15) is 27.7 Å². The third-order valence-corrected chi connectivity index (χ3v) is 3.94. The first-order valence-electron chi connectivity index (χ1n) is 5.43. The van der Waals surface area contributed by atoms with Gasteiger partial charge in [0.15, 0.2) is 0 Å². The highest BCUT2D eigenvalue weighted by Crippen LogP contribution is 2.11. The van der Waals surface area contributed by atoms with Crippen LogP contribution in [0.2, 0.25) is 6.04 Å². The van der Waals surface area contributed by atoms with E-state index in [1.54, 1.807) is 0 Å². The zero-order chi connectivity index (χ0) is 11.7. The first-order valence-corrected chi connectivity index (χ1v) is 6.96. The Morgan fingerprint density at radius 1 is 1.13 bits per heavy atom. The van der Waals surface area contributed by atoms with E-state index in [4.69, 9.17) is 13.6 Å². The smallest absolute Gasteiger partial charge is 0.385 e. The molecule has 0 saturated heterocycles. The second-order valence-electron chi connectivity index (χ2n) is 3.10. The van der Waals surface area contributed by atoms with Crippen molar-refractivity contribution in [3.63, 3.8) is 0 Å². The van der Waals surface area contributed by atoms with Crippen molar-refractivity contribution in [2.45, 2.75) is 33.7 Å². The predicted octanol–water partition coefficient (Wildman–Crippen LogP) is 1.75. The molecule has 0 aromatic rings. The molecule has 0 bridgehead atoms. The fraction of sp³-hybridized carbons (Fsp3) is 0.900. The SMILES string of the molecule is CCOC(=O)C(C)C[Si](OCC)OCC. The van der Waals surface area contributed by atoms with Gasteiger partial charge in [0.1, 0.15) is 0 Å². The summed E-state index contributed by atoms with van der Waals surface area (Å²) in [5, 5.41) is 0. The van der Waals surface area contributed by atoms with E-state index in [0.29, 0.717) is 25.9 Å². The Kier molecular flexibility index (Phi) is 8.65. The van der Waals surface area contributed by atoms with Crippen LogP contribution in [0.25, 0.3) is 0 Å². The standard InChI is InChI=1S/C10H21O4Si/c1-5-12-10(11)9(4)8-15(13-6-2)14-7-3/h9H,5-8H2,1-4H3. The number of rotatable bonds is 8. The van der Waals surface area contributed by atoms with Crippen molar-refractivity contribution in [1.82, 2.24) is 0 Å². The highest BCUT2D eigenvalue weighted by molar-refractivity contribution is 6.44. The molecule has 0 aromatic carbocycles. The minimum atomic E-state index is -1.31. The Hall–Kier alpha value is -0.393. The molecule has 1 radical (unpaired) electrons. The summed E-state index contributed by atoms with van der Waals surface area (Å²) in [6, 6.07) is 0.644. The number of hydrogen-bond donors (Lipinski definition) is 0. The lowest BCUT2D eigenvalue weighted by molar-refractivity contribution is -0.146. The van der Waals surface area contributed by atoms with Crippen LogP contribution in [0.5, 0.6) is 0 Å². The maximum absolute atomic E-state index is 11.4. The average Bonchev–Trinajstić information content (AvgIpc) is 2.18. The molecule has 0 N–H and O–H groups in total. The van der Waals surface area contributed by atoms with Crippen molar-refractivity contribution in [1.29, 1.82) is 0 Å². The molecule has 0 aromatic heterocycles. The zero-order valence-electron chi connectivity index (χ0n) is 10.0. The molecule has 0 heterocycles. The molecule has 0 amide bonds. The summed E-state index contributed by atoms with van der Waals surface area (Å²) in [5.74, 6) is -0.309. The molecule has 0 rings (SSSR count). The van der Waals surface area contributed by atoms with Gasteiger partial charge in [0.25, 0.3) is 0 Å². The van der Waals surface area contributed by atoms with Crippen molar-refractivity contribution in [3.05, 3.63) is 0 Å². The molecular formula is C10H21O4Si. The van der Waals surface area contributed by atoms with Gasteiger partial charge in [-0.25, -0.2) is 0 Å². The first kappa shape index (κ1) is 14.6.